The molecule has 0 spiro atoms. The third-order valence-corrected chi connectivity index (χ3v) is 2.55. The van der Waals surface area contributed by atoms with Gasteiger partial charge in [-0.3, -0.25) is 9.48 Å². The topological polar surface area (TPSA) is 44.1 Å². The molecule has 0 N–H and O–H groups in total. The maximum absolute atomic E-state index is 11.9. The molecule has 4 nitrogen and oxygen atoms in total. The molecule has 2 heterocycles. The second-order valence-electron chi connectivity index (χ2n) is 3.56. The number of rotatable bonds is 2. The molecule has 1 aromatic rings. The van der Waals surface area contributed by atoms with Crippen LogP contribution in [0.5, 0.6) is 0 Å². The number of hydrogen-bond donors (Lipinski definition) is 0. The Morgan fingerprint density at radius 1 is 1.64 bits per heavy atom. The van der Waals surface area contributed by atoms with Crippen molar-refractivity contribution in [2.45, 2.75) is 25.4 Å². The largest absolute Gasteiger partial charge is 0.370 e. The van der Waals surface area contributed by atoms with Gasteiger partial charge in [-0.1, -0.05) is 0 Å². The van der Waals surface area contributed by atoms with Crippen molar-refractivity contribution in [3.05, 3.63) is 18.0 Å². The maximum Gasteiger partial charge on any atom is 0.209 e. The molecule has 1 aliphatic heterocycles. The average Bonchev–Trinajstić information content (AvgIpc) is 2.65. The number of hydrogen-bond acceptors (Lipinski definition) is 3. The van der Waals surface area contributed by atoms with E-state index in [-0.39, 0.29) is 11.9 Å². The van der Waals surface area contributed by atoms with E-state index in [2.05, 4.69) is 5.10 Å². The van der Waals surface area contributed by atoms with E-state index in [9.17, 15) is 4.79 Å². The van der Waals surface area contributed by atoms with Gasteiger partial charge in [0.2, 0.25) is 5.78 Å². The van der Waals surface area contributed by atoms with Crippen molar-refractivity contribution in [1.29, 1.82) is 0 Å². The van der Waals surface area contributed by atoms with Crippen LogP contribution in [0.1, 0.15) is 29.8 Å². The highest BCUT2D eigenvalue weighted by molar-refractivity contribution is 5.97. The molecular weight excluding hydrogens is 180 g/mol. The lowest BCUT2D eigenvalue weighted by Gasteiger charge is -2.21. The minimum absolute atomic E-state index is 0.0599. The normalized spacial score (nSPS) is 22.2. The second-order valence-corrected chi connectivity index (χ2v) is 3.56. The highest BCUT2D eigenvalue weighted by atomic mass is 16.5. The fourth-order valence-corrected chi connectivity index (χ4v) is 1.73. The number of ketones is 1. The third-order valence-electron chi connectivity index (χ3n) is 2.55. The molecule has 0 saturated carbocycles. The quantitative estimate of drug-likeness (QED) is 0.664. The van der Waals surface area contributed by atoms with Gasteiger partial charge in [0.05, 0.1) is 0 Å². The number of Topliss-reactive ketones (excluding diaryl/α,β-unsaturated/α-hetero) is 1. The number of ether oxygens (including phenoxy) is 1. The van der Waals surface area contributed by atoms with Crippen molar-refractivity contribution in [3.8, 4) is 0 Å². The van der Waals surface area contributed by atoms with Crippen LogP contribution in [0.2, 0.25) is 0 Å². The second kappa shape index (κ2) is 3.92. The minimum atomic E-state index is -0.251. The monoisotopic (exact) mass is 194 g/mol. The summed E-state index contributed by atoms with van der Waals surface area (Å²) in [5.41, 5.74) is 0.636. The van der Waals surface area contributed by atoms with E-state index in [1.54, 1.807) is 24.0 Å². The lowest BCUT2D eigenvalue weighted by Crippen LogP contribution is -2.29. The Kier molecular flexibility index (Phi) is 2.63. The summed E-state index contributed by atoms with van der Waals surface area (Å²) in [6.07, 6.45) is 4.36. The van der Waals surface area contributed by atoms with Gasteiger partial charge in [0.25, 0.3) is 0 Å². The van der Waals surface area contributed by atoms with Crippen molar-refractivity contribution in [2.24, 2.45) is 7.05 Å². The molecule has 0 aromatic carbocycles. The molecule has 0 radical (unpaired) electrons. The van der Waals surface area contributed by atoms with Crippen molar-refractivity contribution >= 4 is 5.78 Å². The minimum Gasteiger partial charge on any atom is -0.370 e. The molecule has 0 amide bonds. The SMILES string of the molecule is Cn1nccc1C(=O)C1CCCCO1. The van der Waals surface area contributed by atoms with Gasteiger partial charge in [0.1, 0.15) is 11.8 Å². The van der Waals surface area contributed by atoms with Gasteiger partial charge in [0.15, 0.2) is 0 Å². The molecule has 14 heavy (non-hydrogen) atoms. The van der Waals surface area contributed by atoms with E-state index in [0.29, 0.717) is 12.3 Å². The van der Waals surface area contributed by atoms with E-state index in [1.165, 1.54) is 0 Å². The summed E-state index contributed by atoms with van der Waals surface area (Å²) in [7, 11) is 1.77. The number of carbonyl (C=O) groups is 1. The highest BCUT2D eigenvalue weighted by Crippen LogP contribution is 2.16. The predicted octanol–water partition coefficient (Wildman–Crippen LogP) is 1.17. The first-order valence-electron chi connectivity index (χ1n) is 4.93. The number of aromatic nitrogens is 2. The standard InChI is InChI=1S/C10H14N2O2/c1-12-8(5-6-11-12)10(13)9-4-2-3-7-14-9/h5-6,9H,2-4,7H2,1H3. The van der Waals surface area contributed by atoms with E-state index < -0.39 is 0 Å². The highest BCUT2D eigenvalue weighted by Gasteiger charge is 2.24. The summed E-state index contributed by atoms with van der Waals surface area (Å²) in [6, 6.07) is 1.74. The molecule has 4 heteroatoms. The van der Waals surface area contributed by atoms with Crippen molar-refractivity contribution in [3.63, 3.8) is 0 Å². The van der Waals surface area contributed by atoms with Crippen LogP contribution in [-0.2, 0) is 11.8 Å². The first-order chi connectivity index (χ1) is 6.79. The van der Waals surface area contributed by atoms with Crippen LogP contribution in [0.25, 0.3) is 0 Å². The molecule has 0 aliphatic carbocycles. The van der Waals surface area contributed by atoms with Crippen molar-refractivity contribution < 1.29 is 9.53 Å². The Balaban J connectivity index is 2.11. The third kappa shape index (κ3) is 1.70. The Bertz CT molecular complexity index is 327. The summed E-state index contributed by atoms with van der Waals surface area (Å²) in [6.45, 7) is 0.703. The summed E-state index contributed by atoms with van der Waals surface area (Å²) < 4.78 is 7.03. The van der Waals surface area contributed by atoms with E-state index >= 15 is 0 Å². The molecule has 1 saturated heterocycles. The van der Waals surface area contributed by atoms with Crippen LogP contribution in [0.3, 0.4) is 0 Å². The van der Waals surface area contributed by atoms with Gasteiger partial charge in [-0.25, -0.2) is 0 Å². The first-order valence-corrected chi connectivity index (χ1v) is 4.93. The zero-order chi connectivity index (χ0) is 9.97. The Hall–Kier alpha value is -1.16. The molecule has 2 rings (SSSR count). The fraction of sp³-hybridized carbons (Fsp3) is 0.600. The molecule has 0 bridgehead atoms. The summed E-state index contributed by atoms with van der Waals surface area (Å²) in [4.78, 5) is 11.9. The fourth-order valence-electron chi connectivity index (χ4n) is 1.73. The molecule has 1 aliphatic rings. The average molecular weight is 194 g/mol. The molecule has 1 aromatic heterocycles. The van der Waals surface area contributed by atoms with Gasteiger partial charge >= 0.3 is 0 Å². The Morgan fingerprint density at radius 3 is 3.07 bits per heavy atom. The predicted molar refractivity (Wildman–Crippen MR) is 51.1 cm³/mol. The smallest absolute Gasteiger partial charge is 0.209 e. The van der Waals surface area contributed by atoms with Crippen LogP contribution in [0.4, 0.5) is 0 Å². The van der Waals surface area contributed by atoms with Crippen LogP contribution in [-0.4, -0.2) is 28.3 Å². The number of aryl methyl sites for hydroxylation is 1. The number of carbonyl (C=O) groups excluding carboxylic acids is 1. The van der Waals surface area contributed by atoms with Crippen molar-refractivity contribution in [1.82, 2.24) is 9.78 Å². The molecular formula is C10H14N2O2. The lowest BCUT2D eigenvalue weighted by atomic mass is 10.0. The van der Waals surface area contributed by atoms with Gasteiger partial charge < -0.3 is 4.74 Å². The molecule has 1 unspecified atom stereocenters. The van der Waals surface area contributed by atoms with Crippen LogP contribution in [0.15, 0.2) is 12.3 Å². The molecule has 1 fully saturated rings. The van der Waals surface area contributed by atoms with Crippen LogP contribution >= 0.6 is 0 Å². The summed E-state index contributed by atoms with van der Waals surface area (Å²) >= 11 is 0. The summed E-state index contributed by atoms with van der Waals surface area (Å²) in [5.74, 6) is 0.0599. The van der Waals surface area contributed by atoms with Gasteiger partial charge in [0, 0.05) is 19.9 Å². The Morgan fingerprint density at radius 2 is 2.50 bits per heavy atom. The van der Waals surface area contributed by atoms with E-state index in [0.717, 1.165) is 19.3 Å². The number of nitrogens with zero attached hydrogens (tertiary/aromatic N) is 2. The van der Waals surface area contributed by atoms with Gasteiger partial charge in [-0.2, -0.15) is 5.10 Å². The van der Waals surface area contributed by atoms with E-state index in [4.69, 9.17) is 4.74 Å². The van der Waals surface area contributed by atoms with Gasteiger partial charge in [-0.05, 0) is 25.3 Å². The van der Waals surface area contributed by atoms with Gasteiger partial charge in [-0.15, -0.1) is 0 Å². The molecule has 1 atom stereocenters. The first kappa shape index (κ1) is 9.40. The molecule has 76 valence electrons. The van der Waals surface area contributed by atoms with Crippen molar-refractivity contribution in [2.75, 3.05) is 6.61 Å². The summed E-state index contributed by atoms with van der Waals surface area (Å²) in [5, 5.41) is 3.97. The zero-order valence-electron chi connectivity index (χ0n) is 8.27. The van der Waals surface area contributed by atoms with Crippen LogP contribution in [0, 0.1) is 0 Å². The Labute approximate surface area is 82.9 Å². The van der Waals surface area contributed by atoms with Crippen LogP contribution < -0.4 is 0 Å². The van der Waals surface area contributed by atoms with E-state index in [1.807, 2.05) is 0 Å². The zero-order valence-corrected chi connectivity index (χ0v) is 8.27. The lowest BCUT2D eigenvalue weighted by molar-refractivity contribution is 0.0180. The maximum atomic E-state index is 11.9.